The van der Waals surface area contributed by atoms with Gasteiger partial charge in [-0.15, -0.1) is 0 Å². The van der Waals surface area contributed by atoms with Gasteiger partial charge in [0.1, 0.15) is 0 Å². The Morgan fingerprint density at radius 1 is 1.10 bits per heavy atom. The lowest BCUT2D eigenvalue weighted by atomic mass is 10.1. The molecule has 0 spiro atoms. The number of nitrogens with zero attached hydrogens (tertiary/aromatic N) is 2. The molecule has 21 heavy (non-hydrogen) atoms. The van der Waals surface area contributed by atoms with Crippen molar-refractivity contribution in [1.29, 1.82) is 0 Å². The molecule has 1 aromatic heterocycles. The van der Waals surface area contributed by atoms with E-state index in [0.717, 1.165) is 5.69 Å². The summed E-state index contributed by atoms with van der Waals surface area (Å²) in [5.41, 5.74) is 1.58. The van der Waals surface area contributed by atoms with Crippen molar-refractivity contribution in [2.45, 2.75) is 6.42 Å². The van der Waals surface area contributed by atoms with E-state index < -0.39 is 11.9 Å². The molecule has 1 saturated heterocycles. The number of carbonyl (C=O) groups is 2. The van der Waals surface area contributed by atoms with E-state index >= 15 is 0 Å². The lowest BCUT2D eigenvalue weighted by Crippen LogP contribution is -2.29. The highest BCUT2D eigenvalue weighted by atomic mass is 16.4. The SMILES string of the molecule is O=C(O)C1CCN(C(=O)c2ccc(-n3cccc3)cc2)C1. The number of benzene rings is 1. The first-order valence-corrected chi connectivity index (χ1v) is 6.90. The van der Waals surface area contributed by atoms with Crippen LogP contribution in [0.2, 0.25) is 0 Å². The molecule has 0 bridgehead atoms. The zero-order valence-corrected chi connectivity index (χ0v) is 11.5. The van der Waals surface area contributed by atoms with Gasteiger partial charge in [0.25, 0.3) is 5.91 Å². The molecule has 108 valence electrons. The van der Waals surface area contributed by atoms with Crippen molar-refractivity contribution >= 4 is 11.9 Å². The number of amides is 1. The van der Waals surface area contributed by atoms with Crippen molar-refractivity contribution in [3.63, 3.8) is 0 Å². The first-order chi connectivity index (χ1) is 10.1. The first-order valence-electron chi connectivity index (χ1n) is 6.90. The Labute approximate surface area is 122 Å². The summed E-state index contributed by atoms with van der Waals surface area (Å²) in [4.78, 5) is 24.9. The van der Waals surface area contributed by atoms with Crippen LogP contribution in [0.1, 0.15) is 16.8 Å². The number of hydrogen-bond donors (Lipinski definition) is 1. The van der Waals surface area contributed by atoms with E-state index in [1.165, 1.54) is 0 Å². The van der Waals surface area contributed by atoms with Crippen molar-refractivity contribution in [3.05, 3.63) is 54.4 Å². The highest BCUT2D eigenvalue weighted by molar-refractivity contribution is 5.95. The van der Waals surface area contributed by atoms with Crippen LogP contribution in [0.25, 0.3) is 5.69 Å². The Bertz CT molecular complexity index is 647. The van der Waals surface area contributed by atoms with E-state index in [2.05, 4.69) is 0 Å². The molecule has 1 fully saturated rings. The summed E-state index contributed by atoms with van der Waals surface area (Å²) in [7, 11) is 0. The Kier molecular flexibility index (Phi) is 3.48. The van der Waals surface area contributed by atoms with Crippen molar-refractivity contribution in [2.24, 2.45) is 5.92 Å². The molecule has 1 atom stereocenters. The molecule has 1 unspecified atom stereocenters. The summed E-state index contributed by atoms with van der Waals surface area (Å²) < 4.78 is 1.96. The van der Waals surface area contributed by atoms with Gasteiger partial charge in [0.15, 0.2) is 0 Å². The van der Waals surface area contributed by atoms with Gasteiger partial charge in [-0.2, -0.15) is 0 Å². The highest BCUT2D eigenvalue weighted by Crippen LogP contribution is 2.19. The minimum Gasteiger partial charge on any atom is -0.481 e. The molecule has 2 heterocycles. The second-order valence-corrected chi connectivity index (χ2v) is 5.21. The average molecular weight is 284 g/mol. The van der Waals surface area contributed by atoms with Crippen LogP contribution in [-0.4, -0.2) is 39.5 Å². The monoisotopic (exact) mass is 284 g/mol. The molecular formula is C16H16N2O3. The summed E-state index contributed by atoms with van der Waals surface area (Å²) in [6.07, 6.45) is 4.41. The minimum atomic E-state index is -0.826. The molecule has 1 amide bonds. The molecule has 0 aliphatic carbocycles. The van der Waals surface area contributed by atoms with Crippen molar-refractivity contribution < 1.29 is 14.7 Å². The summed E-state index contributed by atoms with van der Waals surface area (Å²) in [6, 6.07) is 11.2. The second kappa shape index (κ2) is 5.44. The number of aliphatic carboxylic acids is 1. The van der Waals surface area contributed by atoms with Gasteiger partial charge in [-0.05, 0) is 42.8 Å². The third-order valence-corrected chi connectivity index (χ3v) is 3.84. The number of hydrogen-bond acceptors (Lipinski definition) is 2. The maximum atomic E-state index is 12.3. The lowest BCUT2D eigenvalue weighted by molar-refractivity contribution is -0.141. The van der Waals surface area contributed by atoms with Gasteiger partial charge >= 0.3 is 5.97 Å². The third-order valence-electron chi connectivity index (χ3n) is 3.84. The molecule has 1 N–H and O–H groups in total. The fraction of sp³-hybridized carbons (Fsp3) is 0.250. The van der Waals surface area contributed by atoms with Crippen LogP contribution in [0.5, 0.6) is 0 Å². The molecule has 5 nitrogen and oxygen atoms in total. The molecule has 2 aromatic rings. The van der Waals surface area contributed by atoms with E-state index in [9.17, 15) is 9.59 Å². The maximum absolute atomic E-state index is 12.3. The topological polar surface area (TPSA) is 62.5 Å². The maximum Gasteiger partial charge on any atom is 0.308 e. The van der Waals surface area contributed by atoms with E-state index in [1.807, 2.05) is 41.2 Å². The molecule has 1 aliphatic rings. The summed E-state index contributed by atoms with van der Waals surface area (Å²) in [5.74, 6) is -1.36. The van der Waals surface area contributed by atoms with Crippen LogP contribution >= 0.6 is 0 Å². The number of aromatic nitrogens is 1. The number of carboxylic acids is 1. The third kappa shape index (κ3) is 2.67. The second-order valence-electron chi connectivity index (χ2n) is 5.21. The number of carbonyl (C=O) groups excluding carboxylic acids is 1. The molecule has 1 aromatic carbocycles. The minimum absolute atomic E-state index is 0.0993. The molecule has 1 aliphatic heterocycles. The number of rotatable bonds is 3. The standard InChI is InChI=1S/C16H16N2O3/c19-15(18-10-7-13(11-18)16(20)21)12-3-5-14(6-4-12)17-8-1-2-9-17/h1-6,8-9,13H,7,10-11H2,(H,20,21). The fourth-order valence-electron chi connectivity index (χ4n) is 2.61. The summed E-state index contributed by atoms with van der Waals surface area (Å²) in [5, 5.41) is 8.98. The number of carboxylic acid groups (broad SMARTS) is 1. The van der Waals surface area contributed by atoms with Crippen LogP contribution in [-0.2, 0) is 4.79 Å². The zero-order chi connectivity index (χ0) is 14.8. The van der Waals surface area contributed by atoms with E-state index in [-0.39, 0.29) is 5.91 Å². The van der Waals surface area contributed by atoms with Crippen LogP contribution in [0.3, 0.4) is 0 Å². The van der Waals surface area contributed by atoms with Crippen molar-refractivity contribution in [1.82, 2.24) is 9.47 Å². The Balaban J connectivity index is 1.72. The van der Waals surface area contributed by atoms with Crippen molar-refractivity contribution in [3.8, 4) is 5.69 Å². The predicted molar refractivity (Wildman–Crippen MR) is 77.4 cm³/mol. The zero-order valence-electron chi connectivity index (χ0n) is 11.5. The van der Waals surface area contributed by atoms with Gasteiger partial charge in [-0.3, -0.25) is 9.59 Å². The van der Waals surface area contributed by atoms with Gasteiger partial charge in [0, 0.05) is 36.7 Å². The number of likely N-dealkylation sites (tertiary alicyclic amines) is 1. The largest absolute Gasteiger partial charge is 0.481 e. The van der Waals surface area contributed by atoms with E-state index in [4.69, 9.17) is 5.11 Å². The molecular weight excluding hydrogens is 268 g/mol. The summed E-state index contributed by atoms with van der Waals surface area (Å²) in [6.45, 7) is 0.808. The van der Waals surface area contributed by atoms with Crippen LogP contribution < -0.4 is 0 Å². The van der Waals surface area contributed by atoms with Crippen molar-refractivity contribution in [2.75, 3.05) is 13.1 Å². The van der Waals surface area contributed by atoms with Crippen LogP contribution in [0, 0.1) is 5.92 Å². The Morgan fingerprint density at radius 2 is 1.76 bits per heavy atom. The Hall–Kier alpha value is -2.56. The van der Waals surface area contributed by atoms with Gasteiger partial charge in [0.2, 0.25) is 0 Å². The molecule has 0 saturated carbocycles. The fourth-order valence-corrected chi connectivity index (χ4v) is 2.61. The quantitative estimate of drug-likeness (QED) is 0.938. The molecule has 3 rings (SSSR count). The summed E-state index contributed by atoms with van der Waals surface area (Å²) >= 11 is 0. The van der Waals surface area contributed by atoms with E-state index in [1.54, 1.807) is 17.0 Å². The normalized spacial score (nSPS) is 17.9. The Morgan fingerprint density at radius 3 is 2.33 bits per heavy atom. The van der Waals surface area contributed by atoms with Gasteiger partial charge in [-0.1, -0.05) is 0 Å². The average Bonchev–Trinajstić information content (AvgIpc) is 3.18. The highest BCUT2D eigenvalue weighted by Gasteiger charge is 2.31. The van der Waals surface area contributed by atoms with Gasteiger partial charge in [0.05, 0.1) is 5.92 Å². The predicted octanol–water partition coefficient (Wildman–Crippen LogP) is 2.02. The molecule has 0 radical (unpaired) electrons. The van der Waals surface area contributed by atoms with Gasteiger partial charge in [-0.25, -0.2) is 0 Å². The lowest BCUT2D eigenvalue weighted by Gasteiger charge is -2.16. The first kappa shape index (κ1) is 13.4. The van der Waals surface area contributed by atoms with Gasteiger partial charge < -0.3 is 14.6 Å². The van der Waals surface area contributed by atoms with Crippen LogP contribution in [0.15, 0.2) is 48.8 Å². The van der Waals surface area contributed by atoms with E-state index in [0.29, 0.717) is 25.1 Å². The van der Waals surface area contributed by atoms with Crippen LogP contribution in [0.4, 0.5) is 0 Å². The smallest absolute Gasteiger partial charge is 0.308 e. The molecule has 5 heteroatoms.